The van der Waals surface area contributed by atoms with Gasteiger partial charge >= 0.3 is 0 Å². The summed E-state index contributed by atoms with van der Waals surface area (Å²) in [5, 5.41) is 12.2. The lowest BCUT2D eigenvalue weighted by Crippen LogP contribution is -2.49. The molecule has 3 rings (SSSR count). The minimum Gasteiger partial charge on any atom is -0.484 e. The predicted octanol–water partition coefficient (Wildman–Crippen LogP) is 4.22. The van der Waals surface area contributed by atoms with Gasteiger partial charge in [0.15, 0.2) is 5.76 Å². The van der Waals surface area contributed by atoms with Crippen LogP contribution in [0.3, 0.4) is 0 Å². The molecule has 6 nitrogen and oxygen atoms in total. The Morgan fingerprint density at radius 2 is 2.00 bits per heavy atom. The van der Waals surface area contributed by atoms with Crippen LogP contribution >= 0.6 is 0 Å². The minimum atomic E-state index is -0.213. The second-order valence-electron chi connectivity index (χ2n) is 8.40. The predicted molar refractivity (Wildman–Crippen MR) is 115 cm³/mol. The average molecular weight is 410 g/mol. The van der Waals surface area contributed by atoms with Crippen molar-refractivity contribution in [3.05, 3.63) is 53.5 Å². The van der Waals surface area contributed by atoms with Gasteiger partial charge < -0.3 is 14.5 Å². The van der Waals surface area contributed by atoms with Gasteiger partial charge in [0.1, 0.15) is 24.2 Å². The number of para-hydroxylation sites is 1. The maximum absolute atomic E-state index is 12.6. The summed E-state index contributed by atoms with van der Waals surface area (Å²) in [5.41, 5.74) is 0.467. The van der Waals surface area contributed by atoms with E-state index >= 15 is 0 Å². The van der Waals surface area contributed by atoms with Gasteiger partial charge in [-0.05, 0) is 62.0 Å². The van der Waals surface area contributed by atoms with Gasteiger partial charge in [-0.3, -0.25) is 9.69 Å². The molecule has 2 heterocycles. The number of nitrogens with zero attached hydrogens (tertiary/aromatic N) is 2. The van der Waals surface area contributed by atoms with Crippen LogP contribution in [0.25, 0.3) is 0 Å². The first-order chi connectivity index (χ1) is 14.5. The molecule has 0 bridgehead atoms. The number of piperidine rings is 1. The maximum atomic E-state index is 12.6. The number of hydrogen-bond acceptors (Lipinski definition) is 5. The molecule has 1 atom stereocenters. The molecule has 1 aliphatic rings. The third kappa shape index (κ3) is 5.64. The van der Waals surface area contributed by atoms with Gasteiger partial charge in [-0.1, -0.05) is 32.9 Å². The van der Waals surface area contributed by atoms with Gasteiger partial charge in [0, 0.05) is 12.6 Å². The third-order valence-electron chi connectivity index (χ3n) is 5.79. The van der Waals surface area contributed by atoms with Gasteiger partial charge in [0.25, 0.3) is 5.91 Å². The van der Waals surface area contributed by atoms with E-state index < -0.39 is 0 Å². The van der Waals surface area contributed by atoms with Crippen molar-refractivity contribution < 1.29 is 13.9 Å². The average Bonchev–Trinajstić information content (AvgIpc) is 3.22. The van der Waals surface area contributed by atoms with E-state index in [4.69, 9.17) is 14.4 Å². The summed E-state index contributed by atoms with van der Waals surface area (Å²) < 4.78 is 11.3. The van der Waals surface area contributed by atoms with Gasteiger partial charge in [-0.15, -0.1) is 0 Å². The van der Waals surface area contributed by atoms with Crippen LogP contribution in [-0.4, -0.2) is 36.5 Å². The fraction of sp³-hybridized carbons (Fsp3) is 0.500. The number of nitrogens with one attached hydrogen (secondary N) is 1. The number of rotatable bonds is 8. The second-order valence-corrected chi connectivity index (χ2v) is 8.40. The normalized spacial score (nSPS) is 16.2. The lowest BCUT2D eigenvalue weighted by molar-refractivity contribution is 0.0837. The number of hydrogen-bond donors (Lipinski definition) is 1. The minimum absolute atomic E-state index is 0.159. The van der Waals surface area contributed by atoms with E-state index in [9.17, 15) is 4.79 Å². The largest absolute Gasteiger partial charge is 0.484 e. The number of furan rings is 1. The molecule has 1 amide bonds. The Hall–Kier alpha value is -2.78. The number of amides is 1. The zero-order valence-corrected chi connectivity index (χ0v) is 18.1. The molecule has 1 aromatic heterocycles. The highest BCUT2D eigenvalue weighted by Crippen LogP contribution is 2.22. The van der Waals surface area contributed by atoms with Crippen LogP contribution < -0.4 is 10.1 Å². The van der Waals surface area contributed by atoms with Gasteiger partial charge in [0.05, 0.1) is 5.56 Å². The van der Waals surface area contributed by atoms with Gasteiger partial charge in [-0.2, -0.15) is 5.26 Å². The van der Waals surface area contributed by atoms with Crippen molar-refractivity contribution in [3.63, 3.8) is 0 Å². The smallest absolute Gasteiger partial charge is 0.287 e. The molecular weight excluding hydrogens is 378 g/mol. The summed E-state index contributed by atoms with van der Waals surface area (Å²) in [6.45, 7) is 9.66. The van der Waals surface area contributed by atoms with E-state index in [1.807, 2.05) is 6.07 Å². The fourth-order valence-corrected chi connectivity index (χ4v) is 3.84. The van der Waals surface area contributed by atoms with Crippen molar-refractivity contribution in [2.45, 2.75) is 46.3 Å². The Morgan fingerprint density at radius 3 is 2.70 bits per heavy atom. The van der Waals surface area contributed by atoms with E-state index in [0.29, 0.717) is 35.6 Å². The summed E-state index contributed by atoms with van der Waals surface area (Å²) >= 11 is 0. The Kier molecular flexibility index (Phi) is 7.53. The highest BCUT2D eigenvalue weighted by Gasteiger charge is 2.26. The first-order valence-electron chi connectivity index (χ1n) is 10.7. The van der Waals surface area contributed by atoms with Crippen molar-refractivity contribution in [2.24, 2.45) is 11.8 Å². The van der Waals surface area contributed by atoms with Crippen molar-refractivity contribution in [1.82, 2.24) is 10.2 Å². The first kappa shape index (κ1) is 21.9. The standard InChI is InChI=1S/C24H31N3O3/c1-17(2)21(27-12-10-18(3)11-13-27)15-26-24(28)23-9-8-20(30-23)16-29-22-7-5-4-6-19(22)14-25/h4-9,17-18,21H,10-13,15-16H2,1-3H3,(H,26,28). The number of carbonyl (C=O) groups is 1. The molecule has 0 spiro atoms. The summed E-state index contributed by atoms with van der Waals surface area (Å²) in [6.07, 6.45) is 2.43. The second kappa shape index (κ2) is 10.3. The molecule has 1 N–H and O–H groups in total. The van der Waals surface area contributed by atoms with Crippen molar-refractivity contribution >= 4 is 5.91 Å². The van der Waals surface area contributed by atoms with Crippen LogP contribution in [0.4, 0.5) is 0 Å². The highest BCUT2D eigenvalue weighted by molar-refractivity contribution is 5.91. The SMILES string of the molecule is CC1CCN(C(CNC(=O)c2ccc(COc3ccccc3C#N)o2)C(C)C)CC1. The molecule has 0 aliphatic carbocycles. The quantitative estimate of drug-likeness (QED) is 0.706. The van der Waals surface area contributed by atoms with Crippen LogP contribution in [0.15, 0.2) is 40.8 Å². The molecular formula is C24H31N3O3. The molecule has 1 aliphatic heterocycles. The van der Waals surface area contributed by atoms with Crippen LogP contribution in [0.1, 0.15) is 55.5 Å². The Bertz CT molecular complexity index is 876. The van der Waals surface area contributed by atoms with E-state index in [1.165, 1.54) is 12.8 Å². The van der Waals surface area contributed by atoms with Gasteiger partial charge in [-0.25, -0.2) is 0 Å². The van der Waals surface area contributed by atoms with E-state index in [0.717, 1.165) is 19.0 Å². The zero-order valence-electron chi connectivity index (χ0n) is 18.1. The number of carbonyl (C=O) groups excluding carboxylic acids is 1. The Labute approximate surface area is 178 Å². The zero-order chi connectivity index (χ0) is 21.5. The Balaban J connectivity index is 1.53. The summed E-state index contributed by atoms with van der Waals surface area (Å²) in [6, 6.07) is 12.8. The van der Waals surface area contributed by atoms with Gasteiger partial charge in [0.2, 0.25) is 0 Å². The fourth-order valence-electron chi connectivity index (χ4n) is 3.84. The molecule has 1 saturated heterocycles. The van der Waals surface area contributed by atoms with Crippen molar-refractivity contribution in [1.29, 1.82) is 5.26 Å². The number of ether oxygens (including phenoxy) is 1. The van der Waals surface area contributed by atoms with Crippen LogP contribution in [0.5, 0.6) is 5.75 Å². The van der Waals surface area contributed by atoms with Crippen LogP contribution in [0.2, 0.25) is 0 Å². The molecule has 1 aromatic carbocycles. The molecule has 0 radical (unpaired) electrons. The monoisotopic (exact) mass is 409 g/mol. The first-order valence-corrected chi connectivity index (χ1v) is 10.7. The topological polar surface area (TPSA) is 78.5 Å². The molecule has 1 fully saturated rings. The van der Waals surface area contributed by atoms with E-state index in [1.54, 1.807) is 30.3 Å². The number of benzene rings is 1. The lowest BCUT2D eigenvalue weighted by atomic mass is 9.94. The third-order valence-corrected chi connectivity index (χ3v) is 5.79. The summed E-state index contributed by atoms with van der Waals surface area (Å²) in [4.78, 5) is 15.1. The molecule has 30 heavy (non-hydrogen) atoms. The maximum Gasteiger partial charge on any atom is 0.287 e. The molecule has 2 aromatic rings. The van der Waals surface area contributed by atoms with Crippen molar-refractivity contribution in [2.75, 3.05) is 19.6 Å². The Morgan fingerprint density at radius 1 is 1.27 bits per heavy atom. The van der Waals surface area contributed by atoms with Crippen molar-refractivity contribution in [3.8, 4) is 11.8 Å². The summed E-state index contributed by atoms with van der Waals surface area (Å²) in [5.74, 6) is 2.34. The lowest BCUT2D eigenvalue weighted by Gasteiger charge is -2.38. The molecule has 1 unspecified atom stereocenters. The molecule has 160 valence electrons. The van der Waals surface area contributed by atoms with Crippen LogP contribution in [-0.2, 0) is 6.61 Å². The molecule has 0 saturated carbocycles. The van der Waals surface area contributed by atoms with E-state index in [2.05, 4.69) is 37.1 Å². The highest BCUT2D eigenvalue weighted by atomic mass is 16.5. The number of likely N-dealkylation sites (tertiary alicyclic amines) is 1. The van der Waals surface area contributed by atoms with E-state index in [-0.39, 0.29) is 18.3 Å². The number of nitriles is 1. The van der Waals surface area contributed by atoms with Crippen LogP contribution in [0, 0.1) is 23.2 Å². The summed E-state index contributed by atoms with van der Waals surface area (Å²) in [7, 11) is 0. The molecule has 6 heteroatoms.